The molecule has 1 fully saturated rings. The van der Waals surface area contributed by atoms with Crippen molar-refractivity contribution in [3.05, 3.63) is 33.8 Å². The number of hydrogen-bond acceptors (Lipinski definition) is 3. The van der Waals surface area contributed by atoms with Gasteiger partial charge in [-0.05, 0) is 43.9 Å². The third-order valence-electron chi connectivity index (χ3n) is 4.61. The molecule has 1 aliphatic heterocycles. The van der Waals surface area contributed by atoms with Gasteiger partial charge in [0.1, 0.15) is 0 Å². The van der Waals surface area contributed by atoms with E-state index in [1.54, 1.807) is 12.1 Å². The normalized spacial score (nSPS) is 19.9. The molecule has 0 saturated carbocycles. The fraction of sp³-hybridized carbons (Fsp3) is 0.611. The Morgan fingerprint density at radius 1 is 1.38 bits per heavy atom. The van der Waals surface area contributed by atoms with Gasteiger partial charge >= 0.3 is 0 Å². The Hall–Kier alpha value is -0.820. The summed E-state index contributed by atoms with van der Waals surface area (Å²) in [4.78, 5) is 12.4. The highest BCUT2D eigenvalue weighted by Crippen LogP contribution is 2.26. The van der Waals surface area contributed by atoms with Gasteiger partial charge in [0, 0.05) is 29.2 Å². The van der Waals surface area contributed by atoms with Gasteiger partial charge in [0.15, 0.2) is 0 Å². The van der Waals surface area contributed by atoms with Crippen LogP contribution in [0.1, 0.15) is 45.1 Å². The number of piperidine rings is 1. The van der Waals surface area contributed by atoms with E-state index in [9.17, 15) is 13.2 Å². The quantitative estimate of drug-likeness (QED) is 0.728. The highest BCUT2D eigenvalue weighted by Gasteiger charge is 2.33. The number of carbonyl (C=O) groups is 1. The highest BCUT2D eigenvalue weighted by atomic mass is 35.5. The average Bonchev–Trinajstić information content (AvgIpc) is 2.57. The van der Waals surface area contributed by atoms with Crippen LogP contribution in [0.15, 0.2) is 18.2 Å². The molecule has 0 bridgehead atoms. The summed E-state index contributed by atoms with van der Waals surface area (Å²) in [5.74, 6) is -0.558. The average molecular weight is 421 g/mol. The number of amides is 1. The third kappa shape index (κ3) is 5.84. The van der Waals surface area contributed by atoms with E-state index in [1.165, 1.54) is 10.4 Å². The fourth-order valence-electron chi connectivity index (χ4n) is 3.20. The van der Waals surface area contributed by atoms with Crippen molar-refractivity contribution < 1.29 is 13.2 Å². The van der Waals surface area contributed by atoms with E-state index in [0.29, 0.717) is 35.0 Å². The fourth-order valence-corrected chi connectivity index (χ4v) is 5.40. The number of carbonyl (C=O) groups excluding carboxylic acids is 1. The molecule has 1 aromatic rings. The minimum Gasteiger partial charge on any atom is -0.353 e. The zero-order valence-corrected chi connectivity index (χ0v) is 17.5. The van der Waals surface area contributed by atoms with Crippen molar-refractivity contribution >= 4 is 39.1 Å². The van der Waals surface area contributed by atoms with E-state index in [2.05, 4.69) is 12.2 Å². The standard InChI is InChI=1S/C18H26Cl2N2O3S/c1-3-5-13(2)21-18(23)14-6-4-9-22(11-14)26(24,25)12-15-7-8-16(19)10-17(15)20/h7-8,10,13-14H,3-6,9,11-12H2,1-2H3,(H,21,23)/t13-,14+/m0/s1. The van der Waals surface area contributed by atoms with Gasteiger partial charge in [-0.25, -0.2) is 12.7 Å². The zero-order chi connectivity index (χ0) is 19.3. The van der Waals surface area contributed by atoms with Crippen molar-refractivity contribution in [2.75, 3.05) is 13.1 Å². The van der Waals surface area contributed by atoms with E-state index in [4.69, 9.17) is 23.2 Å². The first-order chi connectivity index (χ1) is 12.2. The van der Waals surface area contributed by atoms with Crippen molar-refractivity contribution in [1.82, 2.24) is 9.62 Å². The monoisotopic (exact) mass is 420 g/mol. The molecule has 146 valence electrons. The molecule has 2 rings (SSSR count). The molecule has 0 unspecified atom stereocenters. The molecule has 1 amide bonds. The molecule has 2 atom stereocenters. The van der Waals surface area contributed by atoms with E-state index in [-0.39, 0.29) is 30.2 Å². The lowest BCUT2D eigenvalue weighted by molar-refractivity contribution is -0.126. The molecule has 1 aromatic carbocycles. The van der Waals surface area contributed by atoms with Gasteiger partial charge in [-0.15, -0.1) is 0 Å². The summed E-state index contributed by atoms with van der Waals surface area (Å²) in [5, 5.41) is 3.79. The van der Waals surface area contributed by atoms with E-state index < -0.39 is 10.0 Å². The lowest BCUT2D eigenvalue weighted by atomic mass is 9.98. The van der Waals surface area contributed by atoms with Crippen LogP contribution in [-0.2, 0) is 20.6 Å². The van der Waals surface area contributed by atoms with Crippen molar-refractivity contribution in [2.45, 2.75) is 51.3 Å². The molecule has 8 heteroatoms. The molecule has 5 nitrogen and oxygen atoms in total. The zero-order valence-electron chi connectivity index (χ0n) is 15.2. The van der Waals surface area contributed by atoms with Crippen LogP contribution in [0.4, 0.5) is 0 Å². The van der Waals surface area contributed by atoms with Crippen LogP contribution in [0.2, 0.25) is 10.0 Å². The van der Waals surface area contributed by atoms with Crippen LogP contribution in [-0.4, -0.2) is 37.8 Å². The van der Waals surface area contributed by atoms with Gasteiger partial charge in [-0.3, -0.25) is 4.79 Å². The summed E-state index contributed by atoms with van der Waals surface area (Å²) in [6.07, 6.45) is 3.29. The lowest BCUT2D eigenvalue weighted by Crippen LogP contribution is -2.47. The first kappa shape index (κ1) is 21.5. The summed E-state index contributed by atoms with van der Waals surface area (Å²) in [7, 11) is -3.55. The van der Waals surface area contributed by atoms with Gasteiger partial charge in [0.2, 0.25) is 15.9 Å². The largest absolute Gasteiger partial charge is 0.353 e. The molecule has 0 aliphatic carbocycles. The molecule has 0 aromatic heterocycles. The molecule has 0 radical (unpaired) electrons. The number of nitrogens with zero attached hydrogens (tertiary/aromatic N) is 1. The van der Waals surface area contributed by atoms with Gasteiger partial charge in [0.25, 0.3) is 0 Å². The minimum atomic E-state index is -3.55. The Morgan fingerprint density at radius 3 is 2.77 bits per heavy atom. The van der Waals surface area contributed by atoms with Gasteiger partial charge in [-0.2, -0.15) is 0 Å². The van der Waals surface area contributed by atoms with Crippen molar-refractivity contribution in [1.29, 1.82) is 0 Å². The Morgan fingerprint density at radius 2 is 2.12 bits per heavy atom. The number of benzene rings is 1. The Labute approximate surface area is 166 Å². The van der Waals surface area contributed by atoms with Crippen LogP contribution >= 0.6 is 23.2 Å². The van der Waals surface area contributed by atoms with Crippen molar-refractivity contribution in [2.24, 2.45) is 5.92 Å². The summed E-state index contributed by atoms with van der Waals surface area (Å²) in [5.41, 5.74) is 0.513. The van der Waals surface area contributed by atoms with Gasteiger partial charge < -0.3 is 5.32 Å². The maximum absolute atomic E-state index is 12.8. The number of sulfonamides is 1. The third-order valence-corrected chi connectivity index (χ3v) is 6.99. The van der Waals surface area contributed by atoms with Crippen LogP contribution in [0, 0.1) is 5.92 Å². The smallest absolute Gasteiger partial charge is 0.224 e. The van der Waals surface area contributed by atoms with Crippen molar-refractivity contribution in [3.8, 4) is 0 Å². The molecule has 26 heavy (non-hydrogen) atoms. The van der Waals surface area contributed by atoms with Gasteiger partial charge in [0.05, 0.1) is 11.7 Å². The molecule has 1 saturated heterocycles. The number of halogens is 2. The SMILES string of the molecule is CCC[C@H](C)NC(=O)[C@@H]1CCCN(S(=O)(=O)Cc2ccc(Cl)cc2Cl)C1. The number of hydrogen-bond donors (Lipinski definition) is 1. The van der Waals surface area contributed by atoms with Crippen LogP contribution in [0.25, 0.3) is 0 Å². The number of nitrogens with one attached hydrogen (secondary N) is 1. The highest BCUT2D eigenvalue weighted by molar-refractivity contribution is 7.88. The maximum atomic E-state index is 12.8. The van der Waals surface area contributed by atoms with Crippen molar-refractivity contribution in [3.63, 3.8) is 0 Å². The van der Waals surface area contributed by atoms with Gasteiger partial charge in [-0.1, -0.05) is 42.6 Å². The Bertz CT molecular complexity index is 740. The molecule has 0 spiro atoms. The first-order valence-electron chi connectivity index (χ1n) is 8.95. The molecule has 1 N–H and O–H groups in total. The lowest BCUT2D eigenvalue weighted by Gasteiger charge is -2.32. The molecular formula is C18H26Cl2N2O3S. The second-order valence-corrected chi connectivity index (χ2v) is 9.70. The molecule has 1 heterocycles. The second-order valence-electron chi connectivity index (χ2n) is 6.89. The summed E-state index contributed by atoms with van der Waals surface area (Å²) in [6.45, 7) is 4.70. The Balaban J connectivity index is 2.04. The maximum Gasteiger partial charge on any atom is 0.224 e. The summed E-state index contributed by atoms with van der Waals surface area (Å²) in [6, 6.07) is 4.89. The van der Waals surface area contributed by atoms with Crippen LogP contribution < -0.4 is 5.32 Å². The number of rotatable bonds is 7. The first-order valence-corrected chi connectivity index (χ1v) is 11.3. The van der Waals surface area contributed by atoms with Crippen LogP contribution in [0.5, 0.6) is 0 Å². The second kappa shape index (κ2) is 9.40. The molecular weight excluding hydrogens is 395 g/mol. The summed E-state index contributed by atoms with van der Waals surface area (Å²) >= 11 is 12.0. The predicted octanol–water partition coefficient (Wildman–Crippen LogP) is 3.84. The van der Waals surface area contributed by atoms with E-state index >= 15 is 0 Å². The van der Waals surface area contributed by atoms with Crippen LogP contribution in [0.3, 0.4) is 0 Å². The predicted molar refractivity (Wildman–Crippen MR) is 106 cm³/mol. The topological polar surface area (TPSA) is 66.5 Å². The van der Waals surface area contributed by atoms with E-state index in [0.717, 1.165) is 12.8 Å². The minimum absolute atomic E-state index is 0.0598. The van der Waals surface area contributed by atoms with E-state index in [1.807, 2.05) is 6.92 Å². The summed E-state index contributed by atoms with van der Waals surface area (Å²) < 4.78 is 27.0. The molecule has 1 aliphatic rings. The Kier molecular flexibility index (Phi) is 7.76.